The summed E-state index contributed by atoms with van der Waals surface area (Å²) in [5, 5.41) is 20.3. The second-order valence-corrected chi connectivity index (χ2v) is 5.71. The maximum Gasteiger partial charge on any atom is 0.251 e. The molecule has 0 radical (unpaired) electrons. The molecule has 2 aromatic rings. The first kappa shape index (κ1) is 13.1. The van der Waals surface area contributed by atoms with Gasteiger partial charge >= 0.3 is 0 Å². The van der Waals surface area contributed by atoms with E-state index in [2.05, 4.69) is 20.3 Å². The minimum atomic E-state index is -0.591. The molecule has 1 aliphatic rings. The number of benzene rings is 1. The number of nitrogens with one attached hydrogen (secondary N) is 1. The van der Waals surface area contributed by atoms with Crippen LogP contribution in [0.25, 0.3) is 11.0 Å². The fourth-order valence-corrected chi connectivity index (χ4v) is 2.58. The molecular formula is C14H17N3O3. The van der Waals surface area contributed by atoms with Crippen molar-refractivity contribution in [1.82, 2.24) is 15.6 Å². The van der Waals surface area contributed by atoms with Crippen LogP contribution in [0, 0.1) is 0 Å². The van der Waals surface area contributed by atoms with Crippen LogP contribution in [-0.4, -0.2) is 33.0 Å². The minimum absolute atomic E-state index is 0.119. The number of carbonyl (C=O) groups is 1. The van der Waals surface area contributed by atoms with Gasteiger partial charge < -0.3 is 10.4 Å². The highest BCUT2D eigenvalue weighted by molar-refractivity contribution is 5.97. The van der Waals surface area contributed by atoms with Gasteiger partial charge in [-0.1, -0.05) is 0 Å². The number of carbonyl (C=O) groups excluding carboxylic acids is 1. The predicted molar refractivity (Wildman–Crippen MR) is 72.2 cm³/mol. The lowest BCUT2D eigenvalue weighted by Crippen LogP contribution is -2.42. The van der Waals surface area contributed by atoms with E-state index in [9.17, 15) is 9.90 Å². The third kappa shape index (κ3) is 2.65. The third-order valence-corrected chi connectivity index (χ3v) is 3.91. The molecule has 1 heterocycles. The Morgan fingerprint density at radius 2 is 2.05 bits per heavy atom. The molecule has 0 unspecified atom stereocenters. The van der Waals surface area contributed by atoms with Gasteiger partial charge in [0.1, 0.15) is 11.0 Å². The smallest absolute Gasteiger partial charge is 0.251 e. The Balaban J connectivity index is 1.67. The van der Waals surface area contributed by atoms with Crippen LogP contribution in [0.3, 0.4) is 0 Å². The van der Waals surface area contributed by atoms with Crippen molar-refractivity contribution in [3.63, 3.8) is 0 Å². The fourth-order valence-electron chi connectivity index (χ4n) is 2.58. The van der Waals surface area contributed by atoms with Gasteiger partial charge in [0.2, 0.25) is 0 Å². The number of hydrogen-bond acceptors (Lipinski definition) is 5. The zero-order chi connectivity index (χ0) is 14.2. The third-order valence-electron chi connectivity index (χ3n) is 3.91. The van der Waals surface area contributed by atoms with Crippen molar-refractivity contribution in [1.29, 1.82) is 0 Å². The van der Waals surface area contributed by atoms with Crippen molar-refractivity contribution >= 4 is 16.9 Å². The summed E-state index contributed by atoms with van der Waals surface area (Å²) in [5.41, 5.74) is 1.16. The van der Waals surface area contributed by atoms with Gasteiger partial charge in [0.15, 0.2) is 0 Å². The molecule has 1 fully saturated rings. The number of rotatable bonds is 2. The molecule has 0 aliphatic heterocycles. The van der Waals surface area contributed by atoms with E-state index in [1.807, 2.05) is 6.92 Å². The number of aliphatic hydroxyl groups is 1. The van der Waals surface area contributed by atoms with Crippen LogP contribution in [-0.2, 0) is 0 Å². The average Bonchev–Trinajstić information content (AvgIpc) is 2.88. The van der Waals surface area contributed by atoms with E-state index < -0.39 is 5.60 Å². The van der Waals surface area contributed by atoms with Gasteiger partial charge in [0, 0.05) is 11.6 Å². The molecule has 1 amide bonds. The summed E-state index contributed by atoms with van der Waals surface area (Å²) >= 11 is 0. The zero-order valence-corrected chi connectivity index (χ0v) is 11.3. The summed E-state index contributed by atoms with van der Waals surface area (Å²) in [4.78, 5) is 12.2. The lowest BCUT2D eigenvalue weighted by atomic mass is 9.83. The van der Waals surface area contributed by atoms with Crippen molar-refractivity contribution in [2.45, 2.75) is 44.2 Å². The van der Waals surface area contributed by atoms with Crippen molar-refractivity contribution in [2.24, 2.45) is 0 Å². The van der Waals surface area contributed by atoms with Crippen molar-refractivity contribution in [3.05, 3.63) is 23.8 Å². The van der Waals surface area contributed by atoms with E-state index in [1.165, 1.54) is 0 Å². The number of hydrogen-bond donors (Lipinski definition) is 2. The molecule has 1 saturated carbocycles. The van der Waals surface area contributed by atoms with Gasteiger partial charge in [-0.3, -0.25) is 4.79 Å². The highest BCUT2D eigenvalue weighted by atomic mass is 16.6. The first-order valence-corrected chi connectivity index (χ1v) is 6.79. The van der Waals surface area contributed by atoms with Gasteiger partial charge in [-0.15, -0.1) is 0 Å². The number of amides is 1. The lowest BCUT2D eigenvalue weighted by Gasteiger charge is -2.33. The fraction of sp³-hybridized carbons (Fsp3) is 0.500. The SMILES string of the molecule is C[C@]1(O)CC[C@@H](NC(=O)c2ccc3nonc3c2)CC1. The summed E-state index contributed by atoms with van der Waals surface area (Å²) in [5.74, 6) is -0.124. The normalized spacial score (nSPS) is 26.6. The Hall–Kier alpha value is -1.95. The Morgan fingerprint density at radius 1 is 1.35 bits per heavy atom. The average molecular weight is 275 g/mol. The largest absolute Gasteiger partial charge is 0.390 e. The van der Waals surface area contributed by atoms with Gasteiger partial charge in [0.25, 0.3) is 5.91 Å². The first-order valence-electron chi connectivity index (χ1n) is 6.79. The summed E-state index contributed by atoms with van der Waals surface area (Å²) in [6, 6.07) is 5.21. The Labute approximate surface area is 116 Å². The minimum Gasteiger partial charge on any atom is -0.390 e. The monoisotopic (exact) mass is 275 g/mol. The van der Waals surface area contributed by atoms with E-state index in [4.69, 9.17) is 0 Å². The van der Waals surface area contributed by atoms with Gasteiger partial charge in [-0.05, 0) is 61.1 Å². The quantitative estimate of drug-likeness (QED) is 0.870. The van der Waals surface area contributed by atoms with Gasteiger partial charge in [-0.25, -0.2) is 4.63 Å². The predicted octanol–water partition coefficient (Wildman–Crippen LogP) is 1.65. The maximum atomic E-state index is 12.2. The maximum absolute atomic E-state index is 12.2. The standard InChI is InChI=1S/C14H17N3O3/c1-14(19)6-4-10(5-7-14)15-13(18)9-2-3-11-12(8-9)17-20-16-11/h2-3,8,10,19H,4-7H2,1H3,(H,15,18)/t10-,14+. The van der Waals surface area contributed by atoms with Crippen LogP contribution in [0.15, 0.2) is 22.8 Å². The Kier molecular flexibility index (Phi) is 3.17. The molecule has 0 bridgehead atoms. The first-order chi connectivity index (χ1) is 9.53. The highest BCUT2D eigenvalue weighted by Crippen LogP contribution is 2.27. The van der Waals surface area contributed by atoms with Crippen molar-refractivity contribution in [2.75, 3.05) is 0 Å². The second-order valence-electron chi connectivity index (χ2n) is 5.71. The molecule has 6 nitrogen and oxygen atoms in total. The number of nitrogens with zero attached hydrogens (tertiary/aromatic N) is 2. The topological polar surface area (TPSA) is 88.2 Å². The molecule has 0 saturated heterocycles. The van der Waals surface area contributed by atoms with Crippen LogP contribution in [0.2, 0.25) is 0 Å². The molecule has 6 heteroatoms. The summed E-state index contributed by atoms with van der Waals surface area (Å²) in [6.45, 7) is 1.84. The molecule has 1 aromatic heterocycles. The second kappa shape index (κ2) is 4.86. The molecule has 1 aromatic carbocycles. The summed E-state index contributed by atoms with van der Waals surface area (Å²) in [7, 11) is 0. The Morgan fingerprint density at radius 3 is 2.80 bits per heavy atom. The summed E-state index contributed by atoms with van der Waals surface area (Å²) in [6.07, 6.45) is 3.02. The van der Waals surface area contributed by atoms with E-state index in [0.717, 1.165) is 12.8 Å². The molecule has 20 heavy (non-hydrogen) atoms. The zero-order valence-electron chi connectivity index (χ0n) is 11.3. The number of fused-ring (bicyclic) bond motifs is 1. The van der Waals surface area contributed by atoms with Gasteiger partial charge in [-0.2, -0.15) is 0 Å². The molecule has 106 valence electrons. The van der Waals surface area contributed by atoms with Crippen LogP contribution < -0.4 is 5.32 Å². The molecule has 0 atom stereocenters. The van der Waals surface area contributed by atoms with Crippen LogP contribution in [0.5, 0.6) is 0 Å². The molecule has 1 aliphatic carbocycles. The van der Waals surface area contributed by atoms with Crippen LogP contribution in [0.1, 0.15) is 43.0 Å². The van der Waals surface area contributed by atoms with E-state index in [1.54, 1.807) is 18.2 Å². The summed E-state index contributed by atoms with van der Waals surface area (Å²) < 4.78 is 4.61. The molecule has 3 rings (SSSR count). The lowest BCUT2D eigenvalue weighted by molar-refractivity contribution is 0.0140. The van der Waals surface area contributed by atoms with E-state index in [0.29, 0.717) is 29.4 Å². The van der Waals surface area contributed by atoms with Crippen molar-refractivity contribution in [3.8, 4) is 0 Å². The van der Waals surface area contributed by atoms with E-state index in [-0.39, 0.29) is 11.9 Å². The molecule has 2 N–H and O–H groups in total. The Bertz CT molecular complexity index is 625. The number of aromatic nitrogens is 2. The molecular weight excluding hydrogens is 258 g/mol. The highest BCUT2D eigenvalue weighted by Gasteiger charge is 2.29. The van der Waals surface area contributed by atoms with E-state index >= 15 is 0 Å². The molecule has 0 spiro atoms. The van der Waals surface area contributed by atoms with Crippen LogP contribution in [0.4, 0.5) is 0 Å². The van der Waals surface area contributed by atoms with Crippen LogP contribution >= 0.6 is 0 Å². The van der Waals surface area contributed by atoms with Gasteiger partial charge in [0.05, 0.1) is 5.60 Å². The van der Waals surface area contributed by atoms with Crippen molar-refractivity contribution < 1.29 is 14.5 Å².